The number of hydrogen-bond acceptors (Lipinski definition) is 4. The molecule has 1 aromatic carbocycles. The first-order chi connectivity index (χ1) is 11.7. The van der Waals surface area contributed by atoms with Crippen LogP contribution in [0.15, 0.2) is 24.3 Å². The fourth-order valence-corrected chi connectivity index (χ4v) is 2.28. The summed E-state index contributed by atoms with van der Waals surface area (Å²) in [6.07, 6.45) is 0. The van der Waals surface area contributed by atoms with Gasteiger partial charge in [0, 0.05) is 25.7 Å². The number of anilines is 1. The van der Waals surface area contributed by atoms with E-state index in [2.05, 4.69) is 24.5 Å². The van der Waals surface area contributed by atoms with Crippen molar-refractivity contribution in [2.45, 2.75) is 39.7 Å². The maximum Gasteiger partial charge on any atom is 0.320 e. The molecule has 0 heterocycles. The van der Waals surface area contributed by atoms with Gasteiger partial charge in [-0.3, -0.25) is 19.3 Å². The van der Waals surface area contributed by atoms with E-state index in [1.165, 1.54) is 24.3 Å². The highest BCUT2D eigenvalue weighted by atomic mass is 16.4. The number of carboxylic acids is 1. The van der Waals surface area contributed by atoms with Gasteiger partial charge >= 0.3 is 5.97 Å². The van der Waals surface area contributed by atoms with Crippen LogP contribution in [0.3, 0.4) is 0 Å². The predicted molar refractivity (Wildman–Crippen MR) is 96.5 cm³/mol. The number of aliphatic carboxylic acids is 1. The first-order valence-electron chi connectivity index (χ1n) is 8.31. The number of benzene rings is 1. The minimum Gasteiger partial charge on any atom is -0.480 e. The second-order valence-electron chi connectivity index (χ2n) is 6.29. The third kappa shape index (κ3) is 7.34. The van der Waals surface area contributed by atoms with Gasteiger partial charge in [0.25, 0.3) is 0 Å². The third-order valence-electron chi connectivity index (χ3n) is 3.89. The molecule has 0 saturated heterocycles. The van der Waals surface area contributed by atoms with Gasteiger partial charge in [-0.1, -0.05) is 26.0 Å². The van der Waals surface area contributed by atoms with Crippen molar-refractivity contribution in [1.82, 2.24) is 10.2 Å². The lowest BCUT2D eigenvalue weighted by Gasteiger charge is -2.25. The largest absolute Gasteiger partial charge is 0.480 e. The number of rotatable bonds is 9. The van der Waals surface area contributed by atoms with Gasteiger partial charge in [-0.25, -0.2) is 0 Å². The van der Waals surface area contributed by atoms with Crippen molar-refractivity contribution < 1.29 is 19.5 Å². The van der Waals surface area contributed by atoms with Gasteiger partial charge in [-0.05, 0) is 30.5 Å². The topological polar surface area (TPSA) is 98.7 Å². The van der Waals surface area contributed by atoms with Gasteiger partial charge in [0.15, 0.2) is 0 Å². The standard InChI is InChI=1S/C18H27N3O4/c1-12(2)15-5-7-16(8-6-15)20-17(23)11-21(13(3)18(24)25)10-9-19-14(4)22/h5-8,12-13H,9-11H2,1-4H3,(H,19,22)(H,20,23)(H,24,25). The number of nitrogens with zero attached hydrogens (tertiary/aromatic N) is 1. The summed E-state index contributed by atoms with van der Waals surface area (Å²) in [4.78, 5) is 35.9. The van der Waals surface area contributed by atoms with Crippen molar-refractivity contribution in [1.29, 1.82) is 0 Å². The molecule has 0 spiro atoms. The van der Waals surface area contributed by atoms with Crippen molar-refractivity contribution in [3.8, 4) is 0 Å². The second kappa shape index (κ2) is 9.78. The van der Waals surface area contributed by atoms with Crippen LogP contribution in [-0.4, -0.2) is 53.5 Å². The molecule has 0 aliphatic heterocycles. The highest BCUT2D eigenvalue weighted by Gasteiger charge is 2.22. The van der Waals surface area contributed by atoms with E-state index in [1.54, 1.807) is 0 Å². The van der Waals surface area contributed by atoms with E-state index in [-0.39, 0.29) is 31.4 Å². The SMILES string of the molecule is CC(=O)NCCN(CC(=O)Nc1ccc(C(C)C)cc1)C(C)C(=O)O. The van der Waals surface area contributed by atoms with Gasteiger partial charge in [0.05, 0.1) is 6.54 Å². The average molecular weight is 349 g/mol. The summed E-state index contributed by atoms with van der Waals surface area (Å²) >= 11 is 0. The van der Waals surface area contributed by atoms with E-state index in [0.717, 1.165) is 0 Å². The Morgan fingerprint density at radius 2 is 1.72 bits per heavy atom. The van der Waals surface area contributed by atoms with Gasteiger partial charge in [-0.15, -0.1) is 0 Å². The number of carbonyl (C=O) groups is 3. The van der Waals surface area contributed by atoms with E-state index < -0.39 is 12.0 Å². The number of amides is 2. The van der Waals surface area contributed by atoms with Crippen molar-refractivity contribution in [3.63, 3.8) is 0 Å². The first-order valence-corrected chi connectivity index (χ1v) is 8.31. The first kappa shape index (κ1) is 20.6. The fraction of sp³-hybridized carbons (Fsp3) is 0.500. The Morgan fingerprint density at radius 1 is 1.12 bits per heavy atom. The average Bonchev–Trinajstić information content (AvgIpc) is 2.53. The number of hydrogen-bond donors (Lipinski definition) is 3. The molecule has 1 aromatic rings. The summed E-state index contributed by atoms with van der Waals surface area (Å²) in [7, 11) is 0. The molecule has 0 bridgehead atoms. The van der Waals surface area contributed by atoms with Crippen molar-refractivity contribution in [2.24, 2.45) is 0 Å². The predicted octanol–water partition coefficient (Wildman–Crippen LogP) is 1.66. The smallest absolute Gasteiger partial charge is 0.320 e. The van der Waals surface area contributed by atoms with E-state index in [0.29, 0.717) is 11.6 Å². The van der Waals surface area contributed by atoms with Crippen LogP contribution in [0.4, 0.5) is 5.69 Å². The van der Waals surface area contributed by atoms with Gasteiger partial charge in [-0.2, -0.15) is 0 Å². The van der Waals surface area contributed by atoms with E-state index in [9.17, 15) is 19.5 Å². The van der Waals surface area contributed by atoms with Crippen LogP contribution in [0.25, 0.3) is 0 Å². The third-order valence-corrected chi connectivity index (χ3v) is 3.89. The van der Waals surface area contributed by atoms with E-state index in [4.69, 9.17) is 0 Å². The minimum absolute atomic E-state index is 0.0705. The molecule has 1 atom stereocenters. The van der Waals surface area contributed by atoms with E-state index >= 15 is 0 Å². The molecule has 0 aromatic heterocycles. The zero-order chi connectivity index (χ0) is 19.0. The quantitative estimate of drug-likeness (QED) is 0.630. The zero-order valence-electron chi connectivity index (χ0n) is 15.2. The monoisotopic (exact) mass is 349 g/mol. The lowest BCUT2D eigenvalue weighted by Crippen LogP contribution is -2.46. The Bertz CT molecular complexity index is 599. The van der Waals surface area contributed by atoms with E-state index in [1.807, 2.05) is 24.3 Å². The molecule has 138 valence electrons. The fourth-order valence-electron chi connectivity index (χ4n) is 2.28. The summed E-state index contributed by atoms with van der Waals surface area (Å²) in [5, 5.41) is 14.6. The van der Waals surface area contributed by atoms with Crippen LogP contribution in [0.2, 0.25) is 0 Å². The summed E-state index contributed by atoms with van der Waals surface area (Å²) in [5.41, 5.74) is 1.84. The summed E-state index contributed by atoms with van der Waals surface area (Å²) < 4.78 is 0. The Balaban J connectivity index is 2.66. The van der Waals surface area contributed by atoms with Crippen molar-refractivity contribution >= 4 is 23.5 Å². The lowest BCUT2D eigenvalue weighted by molar-refractivity contribution is -0.142. The van der Waals surface area contributed by atoms with Crippen LogP contribution in [0.5, 0.6) is 0 Å². The van der Waals surface area contributed by atoms with Crippen LogP contribution >= 0.6 is 0 Å². The molecule has 25 heavy (non-hydrogen) atoms. The molecule has 0 saturated carbocycles. The summed E-state index contributed by atoms with van der Waals surface area (Å²) in [6, 6.07) is 6.73. The Labute approximate surface area is 148 Å². The molecule has 0 fully saturated rings. The number of nitrogens with one attached hydrogen (secondary N) is 2. The van der Waals surface area contributed by atoms with Gasteiger partial charge in [0.2, 0.25) is 11.8 Å². The second-order valence-corrected chi connectivity index (χ2v) is 6.29. The molecule has 0 aliphatic rings. The molecular formula is C18H27N3O4. The lowest BCUT2D eigenvalue weighted by atomic mass is 10.0. The molecule has 3 N–H and O–H groups in total. The van der Waals surface area contributed by atoms with Crippen LogP contribution in [-0.2, 0) is 14.4 Å². The highest BCUT2D eigenvalue weighted by molar-refractivity contribution is 5.92. The molecular weight excluding hydrogens is 322 g/mol. The number of carboxylic acid groups (broad SMARTS) is 1. The molecule has 7 nitrogen and oxygen atoms in total. The Morgan fingerprint density at radius 3 is 2.20 bits per heavy atom. The molecule has 7 heteroatoms. The molecule has 0 radical (unpaired) electrons. The van der Waals surface area contributed by atoms with Crippen molar-refractivity contribution in [3.05, 3.63) is 29.8 Å². The van der Waals surface area contributed by atoms with Gasteiger partial charge < -0.3 is 15.7 Å². The Hall–Kier alpha value is -2.41. The summed E-state index contributed by atoms with van der Waals surface area (Å²) in [6.45, 7) is 7.57. The van der Waals surface area contributed by atoms with Crippen LogP contribution in [0, 0.1) is 0 Å². The molecule has 1 rings (SSSR count). The highest BCUT2D eigenvalue weighted by Crippen LogP contribution is 2.17. The zero-order valence-corrected chi connectivity index (χ0v) is 15.2. The minimum atomic E-state index is -1.02. The normalized spacial score (nSPS) is 12.1. The summed E-state index contributed by atoms with van der Waals surface area (Å²) in [5.74, 6) is -1.10. The van der Waals surface area contributed by atoms with Crippen molar-refractivity contribution in [2.75, 3.05) is 25.0 Å². The molecule has 2 amide bonds. The van der Waals surface area contributed by atoms with Gasteiger partial charge in [0.1, 0.15) is 6.04 Å². The molecule has 0 aliphatic carbocycles. The maximum atomic E-state index is 12.2. The van der Waals surface area contributed by atoms with Crippen LogP contribution in [0.1, 0.15) is 39.2 Å². The molecule has 1 unspecified atom stereocenters. The van der Waals surface area contributed by atoms with Crippen LogP contribution < -0.4 is 10.6 Å². The number of carbonyl (C=O) groups excluding carboxylic acids is 2. The Kier molecular flexibility index (Phi) is 8.07. The maximum absolute atomic E-state index is 12.2.